The van der Waals surface area contributed by atoms with Crippen molar-refractivity contribution in [1.29, 1.82) is 0 Å². The summed E-state index contributed by atoms with van der Waals surface area (Å²) >= 11 is 0. The predicted octanol–water partition coefficient (Wildman–Crippen LogP) is 4.97. The molecule has 0 saturated carbocycles. The van der Waals surface area contributed by atoms with Crippen molar-refractivity contribution in [1.82, 2.24) is 24.9 Å². The molecule has 2 aromatic heterocycles. The zero-order valence-electron chi connectivity index (χ0n) is 19.3. The number of pyridine rings is 1. The zero-order chi connectivity index (χ0) is 25.2. The molecule has 0 spiro atoms. The van der Waals surface area contributed by atoms with Crippen LogP contribution < -0.4 is 5.32 Å². The van der Waals surface area contributed by atoms with Crippen LogP contribution in [0.5, 0.6) is 0 Å². The van der Waals surface area contributed by atoms with Crippen LogP contribution in [0, 0.1) is 6.92 Å². The van der Waals surface area contributed by atoms with E-state index in [1.807, 2.05) is 13.0 Å². The molecule has 0 unspecified atom stereocenters. The maximum atomic E-state index is 13.6. The lowest BCUT2D eigenvalue weighted by Crippen LogP contribution is -2.18. The van der Waals surface area contributed by atoms with Gasteiger partial charge in [-0.15, -0.1) is 5.10 Å². The monoisotopic (exact) mass is 480 g/mol. The Labute approximate surface area is 200 Å². The molecule has 1 amide bonds. The second-order valence-corrected chi connectivity index (χ2v) is 8.35. The summed E-state index contributed by atoms with van der Waals surface area (Å²) in [6, 6.07) is 12.4. The van der Waals surface area contributed by atoms with Gasteiger partial charge in [-0.05, 0) is 68.5 Å². The number of aromatic nitrogens is 4. The number of rotatable bonds is 6. The average Bonchev–Trinajstić information content (AvgIpc) is 3.30. The van der Waals surface area contributed by atoms with Gasteiger partial charge in [-0.1, -0.05) is 17.3 Å². The standard InChI is InChI=1S/C25H23F3N6O/c1-16-6-7-17(11-23(16)34-15-22(31-32-34)18-5-4-10-29-13-18)24(35)30-20-9-8-19(14-33(2)3)21(12-20)25(26,27)28/h4-13,15H,14H2,1-3H3,(H,30,35). The van der Waals surface area contributed by atoms with Gasteiger partial charge in [0.2, 0.25) is 0 Å². The van der Waals surface area contributed by atoms with Gasteiger partial charge < -0.3 is 10.2 Å². The third-order valence-electron chi connectivity index (χ3n) is 5.33. The summed E-state index contributed by atoms with van der Waals surface area (Å²) in [6.07, 6.45) is 0.514. The van der Waals surface area contributed by atoms with Crippen molar-refractivity contribution in [2.24, 2.45) is 0 Å². The Kier molecular flexibility index (Phi) is 6.65. The van der Waals surface area contributed by atoms with E-state index in [2.05, 4.69) is 20.6 Å². The highest BCUT2D eigenvalue weighted by Crippen LogP contribution is 2.34. The molecular formula is C25H23F3N6O. The van der Waals surface area contributed by atoms with Crippen LogP contribution in [-0.2, 0) is 12.7 Å². The number of halogens is 3. The maximum absolute atomic E-state index is 13.6. The SMILES string of the molecule is Cc1ccc(C(=O)Nc2ccc(CN(C)C)c(C(F)(F)F)c2)cc1-n1cc(-c2cccnc2)nn1. The number of hydrogen-bond donors (Lipinski definition) is 1. The zero-order valence-corrected chi connectivity index (χ0v) is 19.3. The number of carbonyl (C=O) groups excluding carboxylic acids is 1. The van der Waals surface area contributed by atoms with Crippen LogP contribution in [0.3, 0.4) is 0 Å². The van der Waals surface area contributed by atoms with Crippen LogP contribution in [0.4, 0.5) is 18.9 Å². The fraction of sp³-hybridized carbons (Fsp3) is 0.200. The van der Waals surface area contributed by atoms with E-state index < -0.39 is 17.6 Å². The van der Waals surface area contributed by atoms with Crippen molar-refractivity contribution in [3.8, 4) is 16.9 Å². The van der Waals surface area contributed by atoms with Gasteiger partial charge in [0.1, 0.15) is 5.69 Å². The van der Waals surface area contributed by atoms with Crippen LogP contribution in [0.15, 0.2) is 67.1 Å². The minimum atomic E-state index is -4.54. The number of aryl methyl sites for hydroxylation is 1. The average molecular weight is 480 g/mol. The van der Waals surface area contributed by atoms with Gasteiger partial charge in [-0.3, -0.25) is 9.78 Å². The molecule has 0 atom stereocenters. The number of hydrogen-bond acceptors (Lipinski definition) is 5. The number of carbonyl (C=O) groups is 1. The molecule has 2 heterocycles. The lowest BCUT2D eigenvalue weighted by Gasteiger charge is -2.18. The van der Waals surface area contributed by atoms with Gasteiger partial charge in [-0.2, -0.15) is 13.2 Å². The first-order valence-electron chi connectivity index (χ1n) is 10.7. The summed E-state index contributed by atoms with van der Waals surface area (Å²) in [4.78, 5) is 18.6. The molecule has 0 aliphatic heterocycles. The molecule has 10 heteroatoms. The quantitative estimate of drug-likeness (QED) is 0.422. The fourth-order valence-electron chi connectivity index (χ4n) is 3.63. The van der Waals surface area contributed by atoms with E-state index in [1.165, 1.54) is 12.1 Å². The van der Waals surface area contributed by atoms with E-state index >= 15 is 0 Å². The molecule has 180 valence electrons. The van der Waals surface area contributed by atoms with E-state index in [9.17, 15) is 18.0 Å². The molecular weight excluding hydrogens is 457 g/mol. The first kappa shape index (κ1) is 24.1. The molecule has 2 aromatic carbocycles. The summed E-state index contributed by atoms with van der Waals surface area (Å²) in [6.45, 7) is 1.99. The van der Waals surface area contributed by atoms with Crippen molar-refractivity contribution < 1.29 is 18.0 Å². The lowest BCUT2D eigenvalue weighted by atomic mass is 10.0. The van der Waals surface area contributed by atoms with E-state index in [4.69, 9.17) is 0 Å². The van der Waals surface area contributed by atoms with Crippen LogP contribution in [0.2, 0.25) is 0 Å². The van der Waals surface area contributed by atoms with Gasteiger partial charge in [0.25, 0.3) is 5.91 Å². The molecule has 0 saturated heterocycles. The van der Waals surface area contributed by atoms with Gasteiger partial charge in [-0.25, -0.2) is 4.68 Å². The Bertz CT molecular complexity index is 1350. The van der Waals surface area contributed by atoms with Crippen LogP contribution in [-0.4, -0.2) is 44.9 Å². The van der Waals surface area contributed by atoms with Crippen LogP contribution >= 0.6 is 0 Å². The highest BCUT2D eigenvalue weighted by molar-refractivity contribution is 6.04. The Morgan fingerprint density at radius 1 is 1.11 bits per heavy atom. The Balaban J connectivity index is 1.60. The number of alkyl halides is 3. The second-order valence-electron chi connectivity index (χ2n) is 8.35. The van der Waals surface area contributed by atoms with E-state index in [-0.39, 0.29) is 23.4 Å². The largest absolute Gasteiger partial charge is 0.416 e. The summed E-state index contributed by atoms with van der Waals surface area (Å²) in [7, 11) is 3.39. The number of nitrogens with zero attached hydrogens (tertiary/aromatic N) is 5. The highest BCUT2D eigenvalue weighted by Gasteiger charge is 2.33. The van der Waals surface area contributed by atoms with E-state index in [0.29, 0.717) is 11.4 Å². The van der Waals surface area contributed by atoms with Crippen LogP contribution in [0.25, 0.3) is 16.9 Å². The summed E-state index contributed by atoms with van der Waals surface area (Å²) in [5, 5.41) is 10.9. The normalized spacial score (nSPS) is 11.6. The van der Waals surface area contributed by atoms with Crippen molar-refractivity contribution >= 4 is 11.6 Å². The molecule has 4 aromatic rings. The van der Waals surface area contributed by atoms with Gasteiger partial charge >= 0.3 is 6.18 Å². The molecule has 0 bridgehead atoms. The minimum Gasteiger partial charge on any atom is -0.322 e. The van der Waals surface area contributed by atoms with Gasteiger partial charge in [0, 0.05) is 35.8 Å². The third kappa shape index (κ3) is 5.55. The number of amides is 1. The van der Waals surface area contributed by atoms with Gasteiger partial charge in [0.15, 0.2) is 0 Å². The predicted molar refractivity (Wildman–Crippen MR) is 126 cm³/mol. The first-order chi connectivity index (χ1) is 16.6. The Hall–Kier alpha value is -4.05. The maximum Gasteiger partial charge on any atom is 0.416 e. The van der Waals surface area contributed by atoms with Crippen molar-refractivity contribution in [2.45, 2.75) is 19.6 Å². The highest BCUT2D eigenvalue weighted by atomic mass is 19.4. The molecule has 0 radical (unpaired) electrons. The molecule has 0 aliphatic rings. The molecule has 35 heavy (non-hydrogen) atoms. The topological polar surface area (TPSA) is 75.9 Å². The van der Waals surface area contributed by atoms with Crippen molar-refractivity contribution in [2.75, 3.05) is 19.4 Å². The summed E-state index contributed by atoms with van der Waals surface area (Å²) in [5.41, 5.74) is 2.57. The molecule has 7 nitrogen and oxygen atoms in total. The van der Waals surface area contributed by atoms with Gasteiger partial charge in [0.05, 0.1) is 17.4 Å². The van der Waals surface area contributed by atoms with Crippen molar-refractivity contribution in [3.05, 3.63) is 89.4 Å². The fourth-order valence-corrected chi connectivity index (χ4v) is 3.63. The Morgan fingerprint density at radius 2 is 1.91 bits per heavy atom. The lowest BCUT2D eigenvalue weighted by molar-refractivity contribution is -0.138. The smallest absolute Gasteiger partial charge is 0.322 e. The molecule has 0 aliphatic carbocycles. The van der Waals surface area contributed by atoms with Crippen LogP contribution in [0.1, 0.15) is 27.0 Å². The third-order valence-corrected chi connectivity index (χ3v) is 5.33. The minimum absolute atomic E-state index is 0.0616. The van der Waals surface area contributed by atoms with E-state index in [0.717, 1.165) is 17.2 Å². The number of nitrogens with one attached hydrogen (secondary N) is 1. The number of benzene rings is 2. The second kappa shape index (κ2) is 9.67. The summed E-state index contributed by atoms with van der Waals surface area (Å²) < 4.78 is 42.3. The summed E-state index contributed by atoms with van der Waals surface area (Å²) in [5.74, 6) is -0.535. The van der Waals surface area contributed by atoms with E-state index in [1.54, 1.807) is 66.5 Å². The molecule has 4 rings (SSSR count). The number of anilines is 1. The Morgan fingerprint density at radius 3 is 2.60 bits per heavy atom. The van der Waals surface area contributed by atoms with Crippen molar-refractivity contribution in [3.63, 3.8) is 0 Å². The molecule has 1 N–H and O–H groups in total. The molecule has 0 fully saturated rings. The first-order valence-corrected chi connectivity index (χ1v) is 10.7.